The lowest BCUT2D eigenvalue weighted by molar-refractivity contribution is -0.121. The minimum absolute atomic E-state index is 0.0303. The molecule has 0 radical (unpaired) electrons. The number of anilines is 1. The van der Waals surface area contributed by atoms with Gasteiger partial charge in [-0.05, 0) is 74.5 Å². The number of nitrogens with zero attached hydrogens (tertiary/aromatic N) is 3. The molecule has 5 rings (SSSR count). The number of hydrogen-bond acceptors (Lipinski definition) is 4. The van der Waals surface area contributed by atoms with Crippen molar-refractivity contribution in [1.29, 1.82) is 0 Å². The van der Waals surface area contributed by atoms with Gasteiger partial charge < -0.3 is 10.1 Å². The second-order valence-electron chi connectivity index (χ2n) is 8.57. The van der Waals surface area contributed by atoms with Gasteiger partial charge in [0.2, 0.25) is 5.91 Å². The summed E-state index contributed by atoms with van der Waals surface area (Å²) in [6.45, 7) is 2.26. The Bertz CT molecular complexity index is 1290. The van der Waals surface area contributed by atoms with Crippen molar-refractivity contribution >= 4 is 22.6 Å². The third-order valence-corrected chi connectivity index (χ3v) is 6.40. The van der Waals surface area contributed by atoms with Crippen LogP contribution in [0.2, 0.25) is 0 Å². The average Bonchev–Trinajstić information content (AvgIpc) is 3.23. The zero-order chi connectivity index (χ0) is 23.5. The Labute approximate surface area is 198 Å². The minimum atomic E-state index is -0.261. The molecule has 0 saturated carbocycles. The van der Waals surface area contributed by atoms with E-state index in [1.165, 1.54) is 12.1 Å². The van der Waals surface area contributed by atoms with E-state index < -0.39 is 0 Å². The van der Waals surface area contributed by atoms with E-state index in [0.717, 1.165) is 48.5 Å². The molecule has 1 N–H and O–H groups in total. The second-order valence-corrected chi connectivity index (χ2v) is 8.57. The number of hydrogen-bond donors (Lipinski definition) is 1. The SMILES string of the molecule is COc1ccccc1NC(=O)C1CCN(Cc2nc3ccccc3n2-c2ccc(F)cc2)CC1. The molecule has 6 nitrogen and oxygen atoms in total. The van der Waals surface area contributed by atoms with E-state index in [1.54, 1.807) is 19.2 Å². The number of likely N-dealkylation sites (tertiary alicyclic amines) is 1. The summed E-state index contributed by atoms with van der Waals surface area (Å²) in [5.74, 6) is 1.29. The highest BCUT2D eigenvalue weighted by Crippen LogP contribution is 2.27. The summed E-state index contributed by atoms with van der Waals surface area (Å²) < 4.78 is 21.0. The number of carbonyl (C=O) groups excluding carboxylic acids is 1. The van der Waals surface area contributed by atoms with Crippen LogP contribution in [-0.4, -0.2) is 40.6 Å². The smallest absolute Gasteiger partial charge is 0.227 e. The lowest BCUT2D eigenvalue weighted by atomic mass is 9.95. The Morgan fingerprint density at radius 2 is 1.74 bits per heavy atom. The fraction of sp³-hybridized carbons (Fsp3) is 0.259. The molecule has 2 heterocycles. The van der Waals surface area contributed by atoms with Gasteiger partial charge in [0.25, 0.3) is 0 Å². The van der Waals surface area contributed by atoms with Gasteiger partial charge in [0.05, 0.1) is 30.4 Å². The molecule has 0 unspecified atom stereocenters. The number of carbonyl (C=O) groups is 1. The topological polar surface area (TPSA) is 59.4 Å². The number of aromatic nitrogens is 2. The van der Waals surface area contributed by atoms with Crippen molar-refractivity contribution in [2.75, 3.05) is 25.5 Å². The molecule has 1 saturated heterocycles. The third-order valence-electron chi connectivity index (χ3n) is 6.40. The van der Waals surface area contributed by atoms with Crippen molar-refractivity contribution in [1.82, 2.24) is 14.5 Å². The van der Waals surface area contributed by atoms with E-state index in [4.69, 9.17) is 9.72 Å². The molecular formula is C27H27FN4O2. The first-order chi connectivity index (χ1) is 16.6. The molecular weight excluding hydrogens is 431 g/mol. The number of nitrogens with one attached hydrogen (secondary N) is 1. The van der Waals surface area contributed by atoms with Gasteiger partial charge in [-0.1, -0.05) is 24.3 Å². The van der Waals surface area contributed by atoms with Gasteiger partial charge in [-0.3, -0.25) is 14.3 Å². The Morgan fingerprint density at radius 3 is 2.50 bits per heavy atom. The molecule has 1 aliphatic rings. The molecule has 0 spiro atoms. The maximum Gasteiger partial charge on any atom is 0.227 e. The number of halogens is 1. The van der Waals surface area contributed by atoms with Crippen LogP contribution in [0.5, 0.6) is 5.75 Å². The van der Waals surface area contributed by atoms with Gasteiger partial charge in [-0.25, -0.2) is 9.37 Å². The maximum absolute atomic E-state index is 13.5. The molecule has 1 fully saturated rings. The Morgan fingerprint density at radius 1 is 1.03 bits per heavy atom. The molecule has 0 aliphatic carbocycles. The molecule has 4 aromatic rings. The van der Waals surface area contributed by atoms with E-state index >= 15 is 0 Å². The number of amides is 1. The van der Waals surface area contributed by atoms with Gasteiger partial charge in [0.1, 0.15) is 17.4 Å². The summed E-state index contributed by atoms with van der Waals surface area (Å²) in [6, 6.07) is 21.9. The Kier molecular flexibility index (Phi) is 6.27. The van der Waals surface area contributed by atoms with E-state index in [1.807, 2.05) is 48.5 Å². The van der Waals surface area contributed by atoms with Gasteiger partial charge >= 0.3 is 0 Å². The molecule has 7 heteroatoms. The van der Waals surface area contributed by atoms with Crippen LogP contribution in [0.4, 0.5) is 10.1 Å². The number of ether oxygens (including phenoxy) is 1. The first kappa shape index (κ1) is 22.1. The number of piperidine rings is 1. The van der Waals surface area contributed by atoms with Gasteiger partial charge in [-0.2, -0.15) is 0 Å². The Balaban J connectivity index is 1.29. The minimum Gasteiger partial charge on any atom is -0.495 e. The lowest BCUT2D eigenvalue weighted by Crippen LogP contribution is -2.38. The Hall–Kier alpha value is -3.71. The van der Waals surface area contributed by atoms with Crippen molar-refractivity contribution in [2.45, 2.75) is 19.4 Å². The lowest BCUT2D eigenvalue weighted by Gasteiger charge is -2.31. The predicted octanol–water partition coefficient (Wildman–Crippen LogP) is 5.02. The van der Waals surface area contributed by atoms with Crippen LogP contribution in [0, 0.1) is 11.7 Å². The third kappa shape index (κ3) is 4.52. The number of para-hydroxylation sites is 4. The summed E-state index contributed by atoms with van der Waals surface area (Å²) >= 11 is 0. The highest BCUT2D eigenvalue weighted by atomic mass is 19.1. The zero-order valence-corrected chi connectivity index (χ0v) is 19.1. The van der Waals surface area contributed by atoms with Gasteiger partial charge in [0.15, 0.2) is 0 Å². The van der Waals surface area contributed by atoms with Crippen molar-refractivity contribution < 1.29 is 13.9 Å². The van der Waals surface area contributed by atoms with Gasteiger partial charge in [-0.15, -0.1) is 0 Å². The summed E-state index contributed by atoms with van der Waals surface area (Å²) in [5, 5.41) is 3.02. The average molecular weight is 459 g/mol. The number of methoxy groups -OCH3 is 1. The fourth-order valence-electron chi connectivity index (χ4n) is 4.60. The molecule has 174 valence electrons. The van der Waals surface area contributed by atoms with Crippen LogP contribution in [0.25, 0.3) is 16.7 Å². The van der Waals surface area contributed by atoms with Crippen LogP contribution < -0.4 is 10.1 Å². The predicted molar refractivity (Wildman–Crippen MR) is 131 cm³/mol. The summed E-state index contributed by atoms with van der Waals surface area (Å²) in [5.41, 5.74) is 3.49. The molecule has 34 heavy (non-hydrogen) atoms. The van der Waals surface area contributed by atoms with E-state index in [9.17, 15) is 9.18 Å². The van der Waals surface area contributed by atoms with Crippen LogP contribution in [0.3, 0.4) is 0 Å². The first-order valence-corrected chi connectivity index (χ1v) is 11.5. The highest BCUT2D eigenvalue weighted by molar-refractivity contribution is 5.94. The quantitative estimate of drug-likeness (QED) is 0.441. The molecule has 1 aliphatic heterocycles. The maximum atomic E-state index is 13.5. The van der Waals surface area contributed by atoms with E-state index in [-0.39, 0.29) is 17.6 Å². The van der Waals surface area contributed by atoms with Gasteiger partial charge in [0, 0.05) is 11.6 Å². The van der Waals surface area contributed by atoms with Crippen LogP contribution in [-0.2, 0) is 11.3 Å². The standard InChI is InChI=1S/C27H27FN4O2/c1-34-25-9-5-3-7-23(25)30-27(33)19-14-16-31(17-15-19)18-26-29-22-6-2-4-8-24(22)32(26)21-12-10-20(28)11-13-21/h2-13,19H,14-18H2,1H3,(H,30,33). The van der Waals surface area contributed by atoms with Crippen molar-refractivity contribution in [2.24, 2.45) is 5.92 Å². The molecule has 1 amide bonds. The number of rotatable bonds is 6. The first-order valence-electron chi connectivity index (χ1n) is 11.5. The molecule has 3 aromatic carbocycles. The summed E-state index contributed by atoms with van der Waals surface area (Å²) in [6.07, 6.45) is 1.55. The largest absolute Gasteiger partial charge is 0.495 e. The van der Waals surface area contributed by atoms with Crippen LogP contribution >= 0.6 is 0 Å². The van der Waals surface area contributed by atoms with Crippen molar-refractivity contribution in [3.05, 3.63) is 84.4 Å². The summed E-state index contributed by atoms with van der Waals surface area (Å²) in [7, 11) is 1.60. The monoisotopic (exact) mass is 458 g/mol. The second kappa shape index (κ2) is 9.65. The van der Waals surface area contributed by atoms with E-state index in [0.29, 0.717) is 18.0 Å². The highest BCUT2D eigenvalue weighted by Gasteiger charge is 2.27. The summed E-state index contributed by atoms with van der Waals surface area (Å²) in [4.78, 5) is 20.0. The number of fused-ring (bicyclic) bond motifs is 1. The van der Waals surface area contributed by atoms with Crippen molar-refractivity contribution in [3.63, 3.8) is 0 Å². The normalized spacial score (nSPS) is 14.9. The van der Waals surface area contributed by atoms with Crippen LogP contribution in [0.1, 0.15) is 18.7 Å². The number of benzene rings is 3. The van der Waals surface area contributed by atoms with Crippen LogP contribution in [0.15, 0.2) is 72.8 Å². The molecule has 0 atom stereocenters. The number of imidazole rings is 1. The van der Waals surface area contributed by atoms with E-state index in [2.05, 4.69) is 14.8 Å². The molecule has 1 aromatic heterocycles. The molecule has 0 bridgehead atoms. The fourth-order valence-corrected chi connectivity index (χ4v) is 4.60. The zero-order valence-electron chi connectivity index (χ0n) is 19.1. The van der Waals surface area contributed by atoms with Crippen molar-refractivity contribution in [3.8, 4) is 11.4 Å².